The number of nitrogens with one attached hydrogen (secondary N) is 1. The van der Waals surface area contributed by atoms with Crippen molar-refractivity contribution in [3.8, 4) is 0 Å². The SMILES string of the molecule is CCCCCCCCn1c(CCCNC(=O)c2cccc(Cl)c2)nc2ccccc21. The summed E-state index contributed by atoms with van der Waals surface area (Å²) in [5.74, 6) is 1.03. The molecule has 0 fully saturated rings. The maximum absolute atomic E-state index is 12.3. The fourth-order valence-electron chi connectivity index (χ4n) is 3.80. The summed E-state index contributed by atoms with van der Waals surface area (Å²) in [6.07, 6.45) is 9.41. The number of halogens is 1. The summed E-state index contributed by atoms with van der Waals surface area (Å²) in [5, 5.41) is 3.56. The number of fused-ring (bicyclic) bond motifs is 1. The minimum atomic E-state index is -0.0851. The third-order valence-corrected chi connectivity index (χ3v) is 5.65. The van der Waals surface area contributed by atoms with E-state index < -0.39 is 0 Å². The number of rotatable bonds is 12. The van der Waals surface area contributed by atoms with Gasteiger partial charge in [0.1, 0.15) is 5.82 Å². The monoisotopic (exact) mass is 425 g/mol. The van der Waals surface area contributed by atoms with E-state index in [0.29, 0.717) is 17.1 Å². The summed E-state index contributed by atoms with van der Waals surface area (Å²) in [6, 6.07) is 15.4. The first kappa shape index (κ1) is 22.4. The summed E-state index contributed by atoms with van der Waals surface area (Å²) >= 11 is 5.97. The number of imidazole rings is 1. The number of carbonyl (C=O) groups excluding carboxylic acids is 1. The van der Waals surface area contributed by atoms with Crippen LogP contribution in [0.4, 0.5) is 0 Å². The van der Waals surface area contributed by atoms with Crippen LogP contribution < -0.4 is 5.32 Å². The third-order valence-electron chi connectivity index (χ3n) is 5.42. The highest BCUT2D eigenvalue weighted by molar-refractivity contribution is 6.30. The van der Waals surface area contributed by atoms with E-state index in [-0.39, 0.29) is 5.91 Å². The van der Waals surface area contributed by atoms with Crippen LogP contribution in [0.5, 0.6) is 0 Å². The Morgan fingerprint density at radius 2 is 1.80 bits per heavy atom. The first-order chi connectivity index (χ1) is 14.7. The van der Waals surface area contributed by atoms with Gasteiger partial charge in [0.15, 0.2) is 0 Å². The zero-order chi connectivity index (χ0) is 21.2. The maximum Gasteiger partial charge on any atom is 0.251 e. The second-order valence-corrected chi connectivity index (χ2v) is 8.24. The molecule has 0 aliphatic heterocycles. The van der Waals surface area contributed by atoms with E-state index in [4.69, 9.17) is 16.6 Å². The molecule has 0 spiro atoms. The Kier molecular flexibility index (Phi) is 8.76. The van der Waals surface area contributed by atoms with Crippen molar-refractivity contribution in [1.82, 2.24) is 14.9 Å². The molecule has 3 aromatic rings. The first-order valence-corrected chi connectivity index (χ1v) is 11.5. The highest BCUT2D eigenvalue weighted by Gasteiger charge is 2.11. The smallest absolute Gasteiger partial charge is 0.251 e. The number of aryl methyl sites for hydroxylation is 2. The Hall–Kier alpha value is -2.33. The van der Waals surface area contributed by atoms with E-state index in [1.165, 1.54) is 44.0 Å². The van der Waals surface area contributed by atoms with E-state index >= 15 is 0 Å². The maximum atomic E-state index is 12.3. The topological polar surface area (TPSA) is 46.9 Å². The molecule has 1 heterocycles. The molecule has 1 amide bonds. The Morgan fingerprint density at radius 3 is 2.63 bits per heavy atom. The lowest BCUT2D eigenvalue weighted by atomic mass is 10.1. The molecular weight excluding hydrogens is 394 g/mol. The molecular formula is C25H32ClN3O. The fourth-order valence-corrected chi connectivity index (χ4v) is 3.99. The summed E-state index contributed by atoms with van der Waals surface area (Å²) < 4.78 is 2.37. The molecule has 1 N–H and O–H groups in total. The highest BCUT2D eigenvalue weighted by Crippen LogP contribution is 2.19. The van der Waals surface area contributed by atoms with Crippen LogP contribution >= 0.6 is 11.6 Å². The number of benzene rings is 2. The lowest BCUT2D eigenvalue weighted by Gasteiger charge is -2.10. The van der Waals surface area contributed by atoms with Crippen molar-refractivity contribution in [2.24, 2.45) is 0 Å². The minimum Gasteiger partial charge on any atom is -0.352 e. The first-order valence-electron chi connectivity index (χ1n) is 11.2. The number of para-hydroxylation sites is 2. The van der Waals surface area contributed by atoms with Crippen molar-refractivity contribution in [3.05, 3.63) is 64.9 Å². The largest absolute Gasteiger partial charge is 0.352 e. The van der Waals surface area contributed by atoms with Crippen molar-refractivity contribution in [3.63, 3.8) is 0 Å². The van der Waals surface area contributed by atoms with E-state index in [9.17, 15) is 4.79 Å². The Bertz CT molecular complexity index is 950. The van der Waals surface area contributed by atoms with Crippen molar-refractivity contribution in [1.29, 1.82) is 0 Å². The lowest BCUT2D eigenvalue weighted by molar-refractivity contribution is 0.0953. The van der Waals surface area contributed by atoms with Crippen LogP contribution in [-0.2, 0) is 13.0 Å². The van der Waals surface area contributed by atoms with Crippen molar-refractivity contribution in [2.45, 2.75) is 64.8 Å². The second kappa shape index (κ2) is 11.8. The summed E-state index contributed by atoms with van der Waals surface area (Å²) in [4.78, 5) is 17.1. The second-order valence-electron chi connectivity index (χ2n) is 7.81. The van der Waals surface area contributed by atoms with E-state index in [1.54, 1.807) is 24.3 Å². The number of unbranched alkanes of at least 4 members (excludes halogenated alkanes) is 5. The highest BCUT2D eigenvalue weighted by atomic mass is 35.5. The van der Waals surface area contributed by atoms with Gasteiger partial charge in [-0.3, -0.25) is 4.79 Å². The van der Waals surface area contributed by atoms with Gasteiger partial charge in [0.05, 0.1) is 11.0 Å². The number of nitrogens with zero attached hydrogens (tertiary/aromatic N) is 2. The van der Waals surface area contributed by atoms with Gasteiger partial charge in [-0.05, 0) is 43.2 Å². The summed E-state index contributed by atoms with van der Waals surface area (Å²) in [7, 11) is 0. The quantitative estimate of drug-likeness (QED) is 0.340. The van der Waals surface area contributed by atoms with E-state index in [1.807, 2.05) is 6.07 Å². The van der Waals surface area contributed by atoms with Crippen LogP contribution in [0.2, 0.25) is 5.02 Å². The average Bonchev–Trinajstić information content (AvgIpc) is 3.11. The fraction of sp³-hybridized carbons (Fsp3) is 0.440. The molecule has 5 heteroatoms. The van der Waals surface area contributed by atoms with E-state index in [2.05, 4.69) is 35.0 Å². The van der Waals surface area contributed by atoms with Gasteiger partial charge in [0.25, 0.3) is 5.91 Å². The number of amides is 1. The Labute approximate surface area is 184 Å². The molecule has 0 bridgehead atoms. The lowest BCUT2D eigenvalue weighted by Crippen LogP contribution is -2.25. The number of hydrogen-bond donors (Lipinski definition) is 1. The van der Waals surface area contributed by atoms with Gasteiger partial charge in [-0.25, -0.2) is 4.98 Å². The van der Waals surface area contributed by atoms with E-state index in [0.717, 1.165) is 30.7 Å². The molecule has 0 unspecified atom stereocenters. The molecule has 0 atom stereocenters. The molecule has 3 rings (SSSR count). The zero-order valence-electron chi connectivity index (χ0n) is 17.9. The molecule has 0 aliphatic carbocycles. The summed E-state index contributed by atoms with van der Waals surface area (Å²) in [5.41, 5.74) is 2.86. The van der Waals surface area contributed by atoms with Gasteiger partial charge in [0.2, 0.25) is 0 Å². The van der Waals surface area contributed by atoms with Crippen LogP contribution in [0.25, 0.3) is 11.0 Å². The van der Waals surface area contributed by atoms with Crippen molar-refractivity contribution >= 4 is 28.5 Å². The Balaban J connectivity index is 1.53. The Morgan fingerprint density at radius 1 is 1.00 bits per heavy atom. The standard InChI is InChI=1S/C25H32ClN3O/c1-2-3-4-5-6-9-18-29-23-15-8-7-14-22(23)28-24(29)16-11-17-27-25(30)20-12-10-13-21(26)19-20/h7-8,10,12-15,19H,2-6,9,11,16-18H2,1H3,(H,27,30). The van der Waals surface area contributed by atoms with Crippen LogP contribution in [-0.4, -0.2) is 22.0 Å². The molecule has 4 nitrogen and oxygen atoms in total. The average molecular weight is 426 g/mol. The molecule has 0 aliphatic rings. The van der Waals surface area contributed by atoms with Gasteiger partial charge >= 0.3 is 0 Å². The molecule has 1 aromatic heterocycles. The van der Waals surface area contributed by atoms with Crippen LogP contribution in [0.3, 0.4) is 0 Å². The molecule has 0 saturated carbocycles. The minimum absolute atomic E-state index is 0.0851. The van der Waals surface area contributed by atoms with Crippen LogP contribution in [0.1, 0.15) is 68.1 Å². The zero-order valence-corrected chi connectivity index (χ0v) is 18.6. The van der Waals surface area contributed by atoms with Gasteiger partial charge in [-0.1, -0.05) is 68.8 Å². The number of carbonyl (C=O) groups is 1. The van der Waals surface area contributed by atoms with Gasteiger partial charge in [-0.15, -0.1) is 0 Å². The van der Waals surface area contributed by atoms with Crippen molar-refractivity contribution in [2.75, 3.05) is 6.54 Å². The molecule has 0 saturated heterocycles. The molecule has 30 heavy (non-hydrogen) atoms. The predicted molar refractivity (Wildman–Crippen MR) is 125 cm³/mol. The van der Waals surface area contributed by atoms with Gasteiger partial charge < -0.3 is 9.88 Å². The molecule has 160 valence electrons. The third kappa shape index (κ3) is 6.33. The van der Waals surface area contributed by atoms with Crippen LogP contribution in [0, 0.1) is 0 Å². The molecule has 0 radical (unpaired) electrons. The van der Waals surface area contributed by atoms with Gasteiger partial charge in [-0.2, -0.15) is 0 Å². The summed E-state index contributed by atoms with van der Waals surface area (Å²) in [6.45, 7) is 3.88. The predicted octanol–water partition coefficient (Wildman–Crippen LogP) is 6.41. The van der Waals surface area contributed by atoms with Crippen LogP contribution in [0.15, 0.2) is 48.5 Å². The molecule has 2 aromatic carbocycles. The number of hydrogen-bond acceptors (Lipinski definition) is 2. The number of aromatic nitrogens is 2. The van der Waals surface area contributed by atoms with Gasteiger partial charge in [0, 0.05) is 30.1 Å². The van der Waals surface area contributed by atoms with Crippen molar-refractivity contribution < 1.29 is 4.79 Å². The normalized spacial score (nSPS) is 11.1.